The topological polar surface area (TPSA) is 88.5 Å². The largest absolute Gasteiger partial charge is 0.490 e. The SMILES string of the molecule is COC(=O)[C@@]1(O)CC(=O)N(C)CC/C=C\[C@H](OCC(C)Br)[C@@H]2CC[C@H]2CN2C[C@@]3(CCCc4cc(Cl)ccc43)COc3ccc1cc32. The number of alkyl halides is 1. The number of anilines is 1. The van der Waals surface area contributed by atoms with Crippen LogP contribution in [-0.2, 0) is 36.5 Å². The summed E-state index contributed by atoms with van der Waals surface area (Å²) in [5.74, 6) is 0.182. The molecule has 2 aromatic carbocycles. The van der Waals surface area contributed by atoms with E-state index in [1.165, 1.54) is 18.2 Å². The van der Waals surface area contributed by atoms with Crippen LogP contribution in [0.25, 0.3) is 0 Å². The molecular formula is C37H46BrClN2O6. The minimum Gasteiger partial charge on any atom is -0.490 e. The molecule has 10 heteroatoms. The second-order valence-electron chi connectivity index (χ2n) is 13.9. The number of nitrogens with zero attached hydrogens (tertiary/aromatic N) is 2. The Balaban J connectivity index is 1.45. The number of aliphatic hydroxyl groups is 1. The summed E-state index contributed by atoms with van der Waals surface area (Å²) < 4.78 is 18.2. The van der Waals surface area contributed by atoms with Gasteiger partial charge in [0.25, 0.3) is 0 Å². The van der Waals surface area contributed by atoms with Crippen LogP contribution in [-0.4, -0.2) is 79.8 Å². The van der Waals surface area contributed by atoms with Crippen LogP contribution in [0.5, 0.6) is 5.75 Å². The predicted octanol–water partition coefficient (Wildman–Crippen LogP) is 6.18. The lowest BCUT2D eigenvalue weighted by Gasteiger charge is -2.46. The number of esters is 1. The standard InChI is InChI=1S/C37H46BrClN2O6/c1-24(38)21-46-32-8-4-5-16-40(2)34(42)19-37(44,35(43)45-3)27-10-14-33-31(18-27)41(20-26-9-12-29(26)32)22-36(23-47-33)15-6-7-25-17-28(39)11-13-30(25)36/h4,8,10-11,13-14,17-18,24,26,29,32,44H,5-7,9,12,15-16,19-23H2,1-3H3/b8-4-/t24?,26-,29+,32-,36-,37+/m0/s1. The lowest BCUT2D eigenvalue weighted by Crippen LogP contribution is -2.50. The third-order valence-corrected chi connectivity index (χ3v) is 11.2. The second kappa shape index (κ2) is 14.1. The fourth-order valence-corrected chi connectivity index (χ4v) is 8.26. The number of amides is 1. The van der Waals surface area contributed by atoms with Crippen molar-refractivity contribution in [2.75, 3.05) is 51.9 Å². The van der Waals surface area contributed by atoms with Gasteiger partial charge in [0.05, 0.1) is 38.5 Å². The maximum atomic E-state index is 13.4. The summed E-state index contributed by atoms with van der Waals surface area (Å²) in [4.78, 5) is 30.9. The van der Waals surface area contributed by atoms with Crippen LogP contribution in [0.3, 0.4) is 0 Å². The lowest BCUT2D eigenvalue weighted by molar-refractivity contribution is -0.168. The first-order valence-electron chi connectivity index (χ1n) is 16.8. The first-order valence-corrected chi connectivity index (χ1v) is 18.1. The number of methoxy groups -OCH3 is 1. The maximum absolute atomic E-state index is 13.4. The van der Waals surface area contributed by atoms with E-state index >= 15 is 0 Å². The van der Waals surface area contributed by atoms with Crippen molar-refractivity contribution in [3.63, 3.8) is 0 Å². The molecule has 0 radical (unpaired) electrons. The van der Waals surface area contributed by atoms with Gasteiger partial charge in [0.15, 0.2) is 5.60 Å². The first kappa shape index (κ1) is 34.3. The van der Waals surface area contributed by atoms with Crippen LogP contribution in [0.1, 0.15) is 62.1 Å². The van der Waals surface area contributed by atoms with Crippen molar-refractivity contribution in [1.29, 1.82) is 0 Å². The van der Waals surface area contributed by atoms with Gasteiger partial charge in [-0.2, -0.15) is 0 Å². The number of carbonyl (C=O) groups is 2. The number of aryl methyl sites for hydroxylation is 1. The van der Waals surface area contributed by atoms with Crippen LogP contribution in [0, 0.1) is 11.8 Å². The van der Waals surface area contributed by atoms with E-state index < -0.39 is 18.0 Å². The van der Waals surface area contributed by atoms with E-state index in [1.54, 1.807) is 18.0 Å². The van der Waals surface area contributed by atoms with E-state index in [0.717, 1.165) is 49.4 Å². The first-order chi connectivity index (χ1) is 22.5. The highest BCUT2D eigenvalue weighted by molar-refractivity contribution is 9.09. The Morgan fingerprint density at radius 2 is 2.06 bits per heavy atom. The zero-order chi connectivity index (χ0) is 33.3. The monoisotopic (exact) mass is 728 g/mol. The molecular weight excluding hydrogens is 684 g/mol. The Hall–Kier alpha value is -2.59. The number of hydrogen-bond acceptors (Lipinski definition) is 7. The summed E-state index contributed by atoms with van der Waals surface area (Å²) in [6.07, 6.45) is 9.56. The lowest BCUT2D eigenvalue weighted by atomic mass is 9.68. The van der Waals surface area contributed by atoms with Crippen LogP contribution >= 0.6 is 27.5 Å². The van der Waals surface area contributed by atoms with E-state index in [0.29, 0.717) is 55.9 Å². The van der Waals surface area contributed by atoms with E-state index in [1.807, 2.05) is 18.2 Å². The molecule has 0 aromatic heterocycles. The highest BCUT2D eigenvalue weighted by atomic mass is 79.9. The summed E-state index contributed by atoms with van der Waals surface area (Å²) in [7, 11) is 2.93. The van der Waals surface area contributed by atoms with Crippen molar-refractivity contribution in [2.24, 2.45) is 11.8 Å². The van der Waals surface area contributed by atoms with Crippen molar-refractivity contribution >= 4 is 45.1 Å². The molecule has 2 bridgehead atoms. The van der Waals surface area contributed by atoms with Gasteiger partial charge in [-0.3, -0.25) is 4.79 Å². The third-order valence-electron chi connectivity index (χ3n) is 10.7. The smallest absolute Gasteiger partial charge is 0.343 e. The predicted molar refractivity (Wildman–Crippen MR) is 186 cm³/mol. The van der Waals surface area contributed by atoms with Crippen LogP contribution in [0.15, 0.2) is 48.6 Å². The average molecular weight is 730 g/mol. The molecule has 1 amide bonds. The molecule has 254 valence electrons. The van der Waals surface area contributed by atoms with Gasteiger partial charge in [-0.1, -0.05) is 58.7 Å². The third kappa shape index (κ3) is 6.96. The molecule has 1 fully saturated rings. The quantitative estimate of drug-likeness (QED) is 0.229. The van der Waals surface area contributed by atoms with Gasteiger partial charge in [-0.05, 0) is 91.3 Å². The molecule has 0 saturated heterocycles. The number of fused-ring (bicyclic) bond motifs is 4. The second-order valence-corrected chi connectivity index (χ2v) is 15.9. The van der Waals surface area contributed by atoms with E-state index in [2.05, 4.69) is 52.0 Å². The molecule has 6 rings (SSSR count). The van der Waals surface area contributed by atoms with Crippen molar-refractivity contribution in [3.8, 4) is 5.75 Å². The molecule has 1 unspecified atom stereocenters. The Bertz CT molecular complexity index is 1520. The number of carbonyl (C=O) groups excluding carboxylic acids is 2. The van der Waals surface area contributed by atoms with Gasteiger partial charge in [0.1, 0.15) is 5.75 Å². The number of rotatable bonds is 4. The Morgan fingerprint density at radius 3 is 2.81 bits per heavy atom. The number of benzene rings is 2. The van der Waals surface area contributed by atoms with E-state index in [4.69, 9.17) is 25.8 Å². The molecule has 47 heavy (non-hydrogen) atoms. The normalized spacial score (nSPS) is 30.7. The fraction of sp³-hybridized carbons (Fsp3) is 0.568. The highest BCUT2D eigenvalue weighted by Crippen LogP contribution is 2.48. The highest BCUT2D eigenvalue weighted by Gasteiger charge is 2.47. The summed E-state index contributed by atoms with van der Waals surface area (Å²) in [5, 5.41) is 12.7. The molecule has 2 heterocycles. The van der Waals surface area contributed by atoms with E-state index in [-0.39, 0.29) is 22.3 Å². The van der Waals surface area contributed by atoms with Gasteiger partial charge in [-0.25, -0.2) is 4.79 Å². The molecule has 6 atom stereocenters. The molecule has 2 aliphatic carbocycles. The molecule has 2 aliphatic heterocycles. The summed E-state index contributed by atoms with van der Waals surface area (Å²) in [6, 6.07) is 11.6. The average Bonchev–Trinajstić information content (AvgIpc) is 3.19. The molecule has 1 N–H and O–H groups in total. The van der Waals surface area contributed by atoms with Crippen molar-refractivity contribution < 1.29 is 28.9 Å². The fourth-order valence-electron chi connectivity index (χ4n) is 7.91. The molecule has 4 aliphatic rings. The minimum absolute atomic E-state index is 0.0346. The van der Waals surface area contributed by atoms with Crippen molar-refractivity contribution in [2.45, 2.75) is 73.8 Å². The molecule has 1 saturated carbocycles. The summed E-state index contributed by atoms with van der Waals surface area (Å²) in [5.41, 5.74) is 1.23. The van der Waals surface area contributed by atoms with Crippen LogP contribution in [0.2, 0.25) is 5.02 Å². The van der Waals surface area contributed by atoms with Gasteiger partial charge >= 0.3 is 5.97 Å². The summed E-state index contributed by atoms with van der Waals surface area (Å²) in [6.45, 7) is 5.12. The van der Waals surface area contributed by atoms with Crippen LogP contribution in [0.4, 0.5) is 5.69 Å². The van der Waals surface area contributed by atoms with Gasteiger partial charge in [0.2, 0.25) is 5.91 Å². The molecule has 2 aromatic rings. The van der Waals surface area contributed by atoms with Gasteiger partial charge in [0, 0.05) is 41.9 Å². The minimum atomic E-state index is -2.16. The zero-order valence-corrected chi connectivity index (χ0v) is 29.9. The zero-order valence-electron chi connectivity index (χ0n) is 27.6. The van der Waals surface area contributed by atoms with Crippen molar-refractivity contribution in [3.05, 3.63) is 70.3 Å². The number of hydrogen-bond donors (Lipinski definition) is 1. The number of ether oxygens (including phenoxy) is 3. The van der Waals surface area contributed by atoms with E-state index in [9.17, 15) is 14.7 Å². The Labute approximate surface area is 291 Å². The summed E-state index contributed by atoms with van der Waals surface area (Å²) >= 11 is 10.1. The maximum Gasteiger partial charge on any atom is 0.343 e. The molecule has 1 spiro atoms. The Kier molecular flexibility index (Phi) is 10.3. The number of halogens is 2. The van der Waals surface area contributed by atoms with Gasteiger partial charge < -0.3 is 29.1 Å². The van der Waals surface area contributed by atoms with Gasteiger partial charge in [-0.15, -0.1) is 0 Å². The molecule has 8 nitrogen and oxygen atoms in total. The van der Waals surface area contributed by atoms with Crippen molar-refractivity contribution in [1.82, 2.24) is 4.90 Å². The van der Waals surface area contributed by atoms with Crippen LogP contribution < -0.4 is 9.64 Å². The Morgan fingerprint density at radius 1 is 1.23 bits per heavy atom.